The molecule has 1 N–H and O–H groups in total. The minimum absolute atomic E-state index is 0.382. The molecule has 0 saturated heterocycles. The van der Waals surface area contributed by atoms with Gasteiger partial charge in [-0.15, -0.1) is 0 Å². The molecular weight excluding hydrogens is 246 g/mol. The number of fused-ring (bicyclic) bond motifs is 1. The van der Waals surface area contributed by atoms with Gasteiger partial charge in [0.2, 0.25) is 0 Å². The molecule has 3 nitrogen and oxygen atoms in total. The summed E-state index contributed by atoms with van der Waals surface area (Å²) in [5.41, 5.74) is 4.15. The Kier molecular flexibility index (Phi) is 4.71. The average Bonchev–Trinajstić information content (AvgIpc) is 2.39. The standard InChI is InChI=1S/C17H25N3/c1-6-18-12(4)16(11(2)3)17-13(5)19-14-9-7-8-10-15(14)20-17/h7-12,16,18H,6H2,1-5H3. The Morgan fingerprint density at radius 3 is 2.20 bits per heavy atom. The number of benzene rings is 1. The predicted octanol–water partition coefficient (Wildman–Crippen LogP) is 3.68. The second-order valence-electron chi connectivity index (χ2n) is 5.80. The molecule has 20 heavy (non-hydrogen) atoms. The van der Waals surface area contributed by atoms with Crippen molar-refractivity contribution in [3.05, 3.63) is 35.7 Å². The van der Waals surface area contributed by atoms with Crippen molar-refractivity contribution < 1.29 is 0 Å². The topological polar surface area (TPSA) is 37.8 Å². The molecule has 2 atom stereocenters. The first kappa shape index (κ1) is 14.9. The minimum Gasteiger partial charge on any atom is -0.314 e. The van der Waals surface area contributed by atoms with Crippen LogP contribution in [0.5, 0.6) is 0 Å². The van der Waals surface area contributed by atoms with Crippen LogP contribution in [-0.4, -0.2) is 22.6 Å². The molecule has 0 bridgehead atoms. The van der Waals surface area contributed by atoms with Crippen LogP contribution in [0.25, 0.3) is 11.0 Å². The Hall–Kier alpha value is -1.48. The number of aryl methyl sites for hydroxylation is 1. The van der Waals surface area contributed by atoms with Gasteiger partial charge >= 0.3 is 0 Å². The van der Waals surface area contributed by atoms with E-state index in [0.29, 0.717) is 17.9 Å². The summed E-state index contributed by atoms with van der Waals surface area (Å²) in [5.74, 6) is 0.908. The van der Waals surface area contributed by atoms with Gasteiger partial charge in [0.25, 0.3) is 0 Å². The number of hydrogen-bond donors (Lipinski definition) is 1. The normalized spacial score (nSPS) is 14.7. The van der Waals surface area contributed by atoms with Crippen molar-refractivity contribution >= 4 is 11.0 Å². The maximum absolute atomic E-state index is 4.90. The van der Waals surface area contributed by atoms with Crippen molar-refractivity contribution in [1.29, 1.82) is 0 Å². The van der Waals surface area contributed by atoms with Crippen LogP contribution >= 0.6 is 0 Å². The number of nitrogens with one attached hydrogen (secondary N) is 1. The highest BCUT2D eigenvalue weighted by atomic mass is 14.9. The average molecular weight is 271 g/mol. The fourth-order valence-corrected chi connectivity index (χ4v) is 3.00. The zero-order valence-corrected chi connectivity index (χ0v) is 13.1. The first-order valence-corrected chi connectivity index (χ1v) is 7.51. The SMILES string of the molecule is CCNC(C)C(c1nc2ccccc2nc1C)C(C)C. The minimum atomic E-state index is 0.382. The van der Waals surface area contributed by atoms with E-state index in [4.69, 9.17) is 9.97 Å². The molecule has 2 rings (SSSR count). The summed E-state index contributed by atoms with van der Waals surface area (Å²) in [4.78, 5) is 9.63. The number of rotatable bonds is 5. The van der Waals surface area contributed by atoms with Gasteiger partial charge in [-0.25, -0.2) is 9.97 Å². The molecule has 0 aliphatic carbocycles. The van der Waals surface area contributed by atoms with Crippen LogP contribution in [0.1, 0.15) is 45.0 Å². The molecule has 108 valence electrons. The number of hydrogen-bond acceptors (Lipinski definition) is 3. The van der Waals surface area contributed by atoms with Crippen LogP contribution in [-0.2, 0) is 0 Å². The fraction of sp³-hybridized carbons (Fsp3) is 0.529. The highest BCUT2D eigenvalue weighted by Gasteiger charge is 2.26. The summed E-state index contributed by atoms with van der Waals surface area (Å²) >= 11 is 0. The van der Waals surface area contributed by atoms with Gasteiger partial charge in [0.1, 0.15) is 0 Å². The second kappa shape index (κ2) is 6.31. The van der Waals surface area contributed by atoms with Crippen molar-refractivity contribution in [1.82, 2.24) is 15.3 Å². The Labute approximate surface area is 121 Å². The smallest absolute Gasteiger partial charge is 0.0890 e. The zero-order valence-electron chi connectivity index (χ0n) is 13.1. The molecule has 1 aromatic carbocycles. The lowest BCUT2D eigenvalue weighted by molar-refractivity contribution is 0.374. The molecule has 1 heterocycles. The van der Waals surface area contributed by atoms with E-state index >= 15 is 0 Å². The zero-order chi connectivity index (χ0) is 14.7. The van der Waals surface area contributed by atoms with E-state index in [1.54, 1.807) is 0 Å². The second-order valence-corrected chi connectivity index (χ2v) is 5.80. The highest BCUT2D eigenvalue weighted by molar-refractivity contribution is 5.74. The predicted molar refractivity (Wildman–Crippen MR) is 85.0 cm³/mol. The molecule has 0 amide bonds. The van der Waals surface area contributed by atoms with Crippen LogP contribution < -0.4 is 5.32 Å². The van der Waals surface area contributed by atoms with Crippen LogP contribution in [0.15, 0.2) is 24.3 Å². The monoisotopic (exact) mass is 271 g/mol. The van der Waals surface area contributed by atoms with Crippen LogP contribution in [0.4, 0.5) is 0 Å². The molecule has 3 heteroatoms. The summed E-state index contributed by atoms with van der Waals surface area (Å²) in [5, 5.41) is 3.53. The van der Waals surface area contributed by atoms with Gasteiger partial charge in [0.05, 0.1) is 22.4 Å². The van der Waals surface area contributed by atoms with Crippen molar-refractivity contribution in [2.75, 3.05) is 6.54 Å². The van der Waals surface area contributed by atoms with E-state index in [2.05, 4.69) is 39.9 Å². The third kappa shape index (κ3) is 2.98. The summed E-state index contributed by atoms with van der Waals surface area (Å²) in [6, 6.07) is 8.50. The lowest BCUT2D eigenvalue weighted by Gasteiger charge is -2.28. The molecule has 0 aliphatic rings. The quantitative estimate of drug-likeness (QED) is 0.901. The van der Waals surface area contributed by atoms with E-state index in [9.17, 15) is 0 Å². The maximum Gasteiger partial charge on any atom is 0.0890 e. The third-order valence-corrected chi connectivity index (χ3v) is 3.88. The molecule has 1 aromatic heterocycles. The molecular formula is C17H25N3. The first-order chi connectivity index (χ1) is 9.54. The van der Waals surface area contributed by atoms with Crippen molar-refractivity contribution in [2.24, 2.45) is 5.92 Å². The summed E-state index contributed by atoms with van der Waals surface area (Å²) in [6.45, 7) is 12.0. The van der Waals surface area contributed by atoms with Gasteiger partial charge in [-0.3, -0.25) is 0 Å². The highest BCUT2D eigenvalue weighted by Crippen LogP contribution is 2.29. The van der Waals surface area contributed by atoms with E-state index in [1.165, 1.54) is 0 Å². The van der Waals surface area contributed by atoms with Crippen LogP contribution in [0.2, 0.25) is 0 Å². The Bertz CT molecular complexity index is 577. The third-order valence-electron chi connectivity index (χ3n) is 3.88. The van der Waals surface area contributed by atoms with E-state index in [-0.39, 0.29) is 0 Å². The number of likely N-dealkylation sites (N-methyl/N-ethyl adjacent to an activating group) is 1. The van der Waals surface area contributed by atoms with Gasteiger partial charge in [-0.2, -0.15) is 0 Å². The fourth-order valence-electron chi connectivity index (χ4n) is 3.00. The molecule has 2 unspecified atom stereocenters. The van der Waals surface area contributed by atoms with E-state index < -0.39 is 0 Å². The van der Waals surface area contributed by atoms with Crippen molar-refractivity contribution in [3.63, 3.8) is 0 Å². The Morgan fingerprint density at radius 1 is 1.05 bits per heavy atom. The first-order valence-electron chi connectivity index (χ1n) is 7.51. The lowest BCUT2D eigenvalue weighted by atomic mass is 9.85. The molecule has 0 fully saturated rings. The molecule has 2 aromatic rings. The van der Waals surface area contributed by atoms with Crippen molar-refractivity contribution in [2.45, 2.75) is 46.6 Å². The lowest BCUT2D eigenvalue weighted by Crippen LogP contribution is -2.35. The van der Waals surface area contributed by atoms with E-state index in [1.807, 2.05) is 24.3 Å². The summed E-state index contributed by atoms with van der Waals surface area (Å²) in [7, 11) is 0. The van der Waals surface area contributed by atoms with Crippen LogP contribution in [0.3, 0.4) is 0 Å². The molecule has 0 saturated carbocycles. The van der Waals surface area contributed by atoms with Gasteiger partial charge in [-0.1, -0.05) is 32.9 Å². The molecule has 0 aliphatic heterocycles. The molecule has 0 radical (unpaired) electrons. The van der Waals surface area contributed by atoms with Gasteiger partial charge in [0.15, 0.2) is 0 Å². The van der Waals surface area contributed by atoms with Gasteiger partial charge < -0.3 is 5.32 Å². The largest absolute Gasteiger partial charge is 0.314 e. The summed E-state index contributed by atoms with van der Waals surface area (Å²) in [6.07, 6.45) is 0. The Balaban J connectivity index is 2.49. The van der Waals surface area contributed by atoms with Gasteiger partial charge in [-0.05, 0) is 38.4 Å². The van der Waals surface area contributed by atoms with E-state index in [0.717, 1.165) is 29.0 Å². The Morgan fingerprint density at radius 2 is 1.65 bits per heavy atom. The van der Waals surface area contributed by atoms with Crippen LogP contribution in [0, 0.1) is 12.8 Å². The van der Waals surface area contributed by atoms with Gasteiger partial charge in [0, 0.05) is 12.0 Å². The maximum atomic E-state index is 4.90. The molecule has 0 spiro atoms. The summed E-state index contributed by atoms with van der Waals surface area (Å²) < 4.78 is 0. The number of nitrogens with zero attached hydrogens (tertiary/aromatic N) is 2. The van der Waals surface area contributed by atoms with Crippen molar-refractivity contribution in [3.8, 4) is 0 Å². The number of para-hydroxylation sites is 2. The number of aromatic nitrogens is 2.